The van der Waals surface area contributed by atoms with Gasteiger partial charge in [0.1, 0.15) is 18.1 Å². The summed E-state index contributed by atoms with van der Waals surface area (Å²) in [5, 5.41) is 10.6. The van der Waals surface area contributed by atoms with Gasteiger partial charge in [-0.1, -0.05) is 62.9 Å². The number of hydrogen-bond donors (Lipinski definition) is 0. The predicted octanol–water partition coefficient (Wildman–Crippen LogP) is 4.40. The minimum Gasteiger partial charge on any atom is -0.486 e. The fourth-order valence-electron chi connectivity index (χ4n) is 3.06. The highest BCUT2D eigenvalue weighted by Crippen LogP contribution is 2.26. The van der Waals surface area contributed by atoms with Gasteiger partial charge in [-0.15, -0.1) is 10.2 Å². The van der Waals surface area contributed by atoms with Crippen LogP contribution in [0.2, 0.25) is 0 Å². The second kappa shape index (κ2) is 8.39. The molecule has 0 fully saturated rings. The van der Waals surface area contributed by atoms with Crippen LogP contribution in [0, 0.1) is 0 Å². The van der Waals surface area contributed by atoms with E-state index < -0.39 is 6.09 Å². The average Bonchev–Trinajstić information content (AvgIpc) is 3.16. The Morgan fingerprint density at radius 3 is 2.47 bits per heavy atom. The fraction of sp³-hybridized carbons (Fsp3) is 0.318. The Hall–Kier alpha value is -3.00. The van der Waals surface area contributed by atoms with E-state index in [-0.39, 0.29) is 12.0 Å². The molecular weight excluding hydrogens is 400 g/mol. The lowest BCUT2D eigenvalue weighted by Crippen LogP contribution is -2.47. The van der Waals surface area contributed by atoms with Crippen LogP contribution in [0.15, 0.2) is 59.8 Å². The molecule has 0 unspecified atom stereocenters. The lowest BCUT2D eigenvalue weighted by Gasteiger charge is -2.28. The van der Waals surface area contributed by atoms with Crippen LogP contribution in [0.1, 0.15) is 32.2 Å². The summed E-state index contributed by atoms with van der Waals surface area (Å²) in [6.07, 6.45) is -0.474. The zero-order valence-electron chi connectivity index (χ0n) is 17.2. The van der Waals surface area contributed by atoms with Crippen molar-refractivity contribution in [2.24, 2.45) is 0 Å². The van der Waals surface area contributed by atoms with E-state index in [9.17, 15) is 4.79 Å². The van der Waals surface area contributed by atoms with Crippen LogP contribution in [0.25, 0.3) is 0 Å². The van der Waals surface area contributed by atoms with Crippen molar-refractivity contribution in [1.29, 1.82) is 0 Å². The zero-order chi connectivity index (χ0) is 21.1. The molecule has 1 aromatic heterocycles. The zero-order valence-corrected chi connectivity index (χ0v) is 18.1. The van der Waals surface area contributed by atoms with Crippen molar-refractivity contribution in [3.63, 3.8) is 0 Å². The number of hydrogen-bond acceptors (Lipinski definition) is 6. The van der Waals surface area contributed by atoms with Crippen LogP contribution in [-0.2, 0) is 12.0 Å². The number of carbonyl (C=O) groups excluding carboxylic acids is 1. The minimum absolute atomic E-state index is 0.0848. The van der Waals surface area contributed by atoms with E-state index >= 15 is 0 Å². The second-order valence-corrected chi connectivity index (χ2v) is 8.99. The van der Waals surface area contributed by atoms with Crippen molar-refractivity contribution in [2.45, 2.75) is 37.9 Å². The molecule has 0 bridgehead atoms. The molecule has 1 aliphatic heterocycles. The van der Waals surface area contributed by atoms with E-state index in [1.807, 2.05) is 30.3 Å². The van der Waals surface area contributed by atoms with Crippen molar-refractivity contribution in [2.75, 3.05) is 17.3 Å². The van der Waals surface area contributed by atoms with E-state index in [1.165, 1.54) is 10.6 Å². The Balaban J connectivity index is 1.48. The first-order chi connectivity index (χ1) is 14.4. The quantitative estimate of drug-likeness (QED) is 0.618. The summed E-state index contributed by atoms with van der Waals surface area (Å²) in [7, 11) is 0. The Morgan fingerprint density at radius 2 is 1.77 bits per heavy atom. The van der Waals surface area contributed by atoms with Crippen molar-refractivity contribution in [3.8, 4) is 11.5 Å². The number of nitrogens with zero attached hydrogens (tertiary/aromatic N) is 4. The van der Waals surface area contributed by atoms with Crippen molar-refractivity contribution < 1.29 is 14.3 Å². The summed E-state index contributed by atoms with van der Waals surface area (Å²) in [6, 6.07) is 17.0. The summed E-state index contributed by atoms with van der Waals surface area (Å²) < 4.78 is 13.1. The molecule has 7 nitrogen and oxygen atoms in total. The number of para-hydroxylation sites is 1. The maximum atomic E-state index is 12.8. The molecule has 0 saturated carbocycles. The van der Waals surface area contributed by atoms with Crippen LogP contribution in [-0.4, -0.2) is 33.3 Å². The van der Waals surface area contributed by atoms with Crippen molar-refractivity contribution in [3.05, 3.63) is 66.0 Å². The normalized spacial score (nSPS) is 13.6. The van der Waals surface area contributed by atoms with Gasteiger partial charge in [-0.3, -0.25) is 0 Å². The number of aromatic nitrogens is 3. The van der Waals surface area contributed by atoms with Gasteiger partial charge in [0.15, 0.2) is 5.82 Å². The standard InChI is InChI=1S/C22H24N4O3S/c1-22(2,3)16-9-11-17(12-10-16)28-15-19-23-24-20-26(19)25(13-14-30-20)21(27)29-18-7-5-4-6-8-18/h4-12H,13-15H2,1-3H3. The highest BCUT2D eigenvalue weighted by atomic mass is 32.2. The van der Waals surface area contributed by atoms with Crippen LogP contribution in [0.4, 0.5) is 4.79 Å². The van der Waals surface area contributed by atoms with E-state index in [0.29, 0.717) is 23.3 Å². The van der Waals surface area contributed by atoms with Gasteiger partial charge in [0, 0.05) is 5.75 Å². The van der Waals surface area contributed by atoms with Gasteiger partial charge in [-0.05, 0) is 35.2 Å². The molecular formula is C22H24N4O3S. The number of benzene rings is 2. The van der Waals surface area contributed by atoms with Gasteiger partial charge in [-0.25, -0.2) is 14.5 Å². The summed E-state index contributed by atoms with van der Waals surface area (Å²) in [5.74, 6) is 2.49. The van der Waals surface area contributed by atoms with Crippen molar-refractivity contribution >= 4 is 17.9 Å². The molecule has 0 spiro atoms. The number of fused-ring (bicyclic) bond motifs is 1. The number of rotatable bonds is 4. The molecule has 0 N–H and O–H groups in total. The number of thioether (sulfide) groups is 1. The third kappa shape index (κ3) is 4.43. The van der Waals surface area contributed by atoms with E-state index in [0.717, 1.165) is 11.5 Å². The van der Waals surface area contributed by atoms with Gasteiger partial charge in [0.25, 0.3) is 0 Å². The summed E-state index contributed by atoms with van der Waals surface area (Å²) in [6.45, 7) is 7.20. The Labute approximate surface area is 180 Å². The number of carbonyl (C=O) groups is 1. The first kappa shape index (κ1) is 20.3. The molecule has 1 aliphatic rings. The molecule has 2 heterocycles. The van der Waals surface area contributed by atoms with Gasteiger partial charge < -0.3 is 9.47 Å². The van der Waals surface area contributed by atoms with Crippen molar-refractivity contribution in [1.82, 2.24) is 14.9 Å². The first-order valence-electron chi connectivity index (χ1n) is 9.77. The molecule has 2 aromatic carbocycles. The maximum Gasteiger partial charge on any atom is 0.434 e. The molecule has 156 valence electrons. The molecule has 3 aromatic rings. The van der Waals surface area contributed by atoms with E-state index in [4.69, 9.17) is 9.47 Å². The molecule has 0 atom stereocenters. The Bertz CT molecular complexity index is 1010. The lowest BCUT2D eigenvalue weighted by atomic mass is 9.87. The van der Waals surface area contributed by atoms with Gasteiger partial charge in [-0.2, -0.15) is 0 Å². The van der Waals surface area contributed by atoms with Gasteiger partial charge in [0.05, 0.1) is 6.54 Å². The minimum atomic E-state index is -0.474. The molecule has 8 heteroatoms. The third-order valence-corrected chi connectivity index (χ3v) is 5.60. The van der Waals surface area contributed by atoms with Crippen LogP contribution in [0.3, 0.4) is 0 Å². The van der Waals surface area contributed by atoms with Crippen LogP contribution >= 0.6 is 11.8 Å². The van der Waals surface area contributed by atoms with Gasteiger partial charge in [0.2, 0.25) is 5.16 Å². The number of ether oxygens (including phenoxy) is 2. The summed E-state index contributed by atoms with van der Waals surface area (Å²) in [5.41, 5.74) is 1.32. The number of amides is 1. The second-order valence-electron chi connectivity index (χ2n) is 7.93. The summed E-state index contributed by atoms with van der Waals surface area (Å²) >= 11 is 1.55. The van der Waals surface area contributed by atoms with E-state index in [1.54, 1.807) is 28.6 Å². The highest BCUT2D eigenvalue weighted by molar-refractivity contribution is 7.99. The molecule has 1 amide bonds. The smallest absolute Gasteiger partial charge is 0.434 e. The van der Waals surface area contributed by atoms with Crippen LogP contribution < -0.4 is 14.5 Å². The lowest BCUT2D eigenvalue weighted by molar-refractivity contribution is 0.198. The molecule has 0 aliphatic carbocycles. The van der Waals surface area contributed by atoms with Crippen LogP contribution in [0.5, 0.6) is 11.5 Å². The SMILES string of the molecule is CC(C)(C)c1ccc(OCc2nnc3n2N(C(=O)Oc2ccccc2)CCS3)cc1. The van der Waals surface area contributed by atoms with E-state index in [2.05, 4.69) is 43.1 Å². The Morgan fingerprint density at radius 1 is 1.03 bits per heavy atom. The van der Waals surface area contributed by atoms with Gasteiger partial charge >= 0.3 is 6.09 Å². The molecule has 30 heavy (non-hydrogen) atoms. The monoisotopic (exact) mass is 424 g/mol. The molecule has 0 radical (unpaired) electrons. The molecule has 0 saturated heterocycles. The maximum absolute atomic E-state index is 12.8. The first-order valence-corrected chi connectivity index (χ1v) is 10.8. The largest absolute Gasteiger partial charge is 0.486 e. The Kier molecular flexibility index (Phi) is 5.67. The predicted molar refractivity (Wildman–Crippen MR) is 116 cm³/mol. The molecule has 4 rings (SSSR count). The average molecular weight is 425 g/mol. The summed E-state index contributed by atoms with van der Waals surface area (Å²) in [4.78, 5) is 12.8. The fourth-order valence-corrected chi connectivity index (χ4v) is 3.93. The highest BCUT2D eigenvalue weighted by Gasteiger charge is 2.29. The third-order valence-electron chi connectivity index (χ3n) is 4.70. The topological polar surface area (TPSA) is 69.5 Å².